The Kier molecular flexibility index (Phi) is 5.98. The lowest BCUT2D eigenvalue weighted by Crippen LogP contribution is -2.16. The fourth-order valence-corrected chi connectivity index (χ4v) is 2.57. The molecule has 0 spiro atoms. The van der Waals surface area contributed by atoms with E-state index >= 15 is 0 Å². The molecular weight excluding hydrogens is 367 g/mol. The second-order valence-corrected chi connectivity index (χ2v) is 6.25. The largest absolute Gasteiger partial charge is 0.370 e. The van der Waals surface area contributed by atoms with Crippen molar-refractivity contribution in [1.82, 2.24) is 9.97 Å². The molecule has 138 valence electrons. The van der Waals surface area contributed by atoms with E-state index in [1.54, 1.807) is 6.07 Å². The molecule has 0 aliphatic rings. The van der Waals surface area contributed by atoms with Gasteiger partial charge in [-0.25, -0.2) is 14.4 Å². The van der Waals surface area contributed by atoms with Crippen LogP contribution in [0.1, 0.15) is 23.8 Å². The van der Waals surface area contributed by atoms with E-state index in [1.165, 1.54) is 18.2 Å². The second kappa shape index (κ2) is 8.60. The van der Waals surface area contributed by atoms with E-state index < -0.39 is 11.7 Å². The van der Waals surface area contributed by atoms with Crippen LogP contribution < -0.4 is 10.6 Å². The summed E-state index contributed by atoms with van der Waals surface area (Å²) in [6.07, 6.45) is 0.917. The van der Waals surface area contributed by atoms with Gasteiger partial charge in [-0.3, -0.25) is 4.79 Å². The van der Waals surface area contributed by atoms with E-state index in [-0.39, 0.29) is 10.7 Å². The molecule has 0 radical (unpaired) electrons. The summed E-state index contributed by atoms with van der Waals surface area (Å²) in [5, 5.41) is 5.79. The average Bonchev–Trinajstić information content (AvgIpc) is 2.69. The number of rotatable bonds is 6. The molecule has 5 nitrogen and oxygen atoms in total. The number of halogens is 2. The lowest BCUT2D eigenvalue weighted by molar-refractivity contribution is 0.102. The fourth-order valence-electron chi connectivity index (χ4n) is 2.39. The number of hydrogen-bond donors (Lipinski definition) is 2. The van der Waals surface area contributed by atoms with E-state index in [1.807, 2.05) is 37.3 Å². The van der Waals surface area contributed by atoms with E-state index in [4.69, 9.17) is 11.6 Å². The van der Waals surface area contributed by atoms with Gasteiger partial charge in [0.05, 0.1) is 5.02 Å². The van der Waals surface area contributed by atoms with Gasteiger partial charge < -0.3 is 10.6 Å². The Hall–Kier alpha value is -2.99. The van der Waals surface area contributed by atoms with Crippen molar-refractivity contribution in [1.29, 1.82) is 0 Å². The van der Waals surface area contributed by atoms with Crippen molar-refractivity contribution in [3.63, 3.8) is 0 Å². The predicted octanol–water partition coefficient (Wildman–Crippen LogP) is 5.01. The van der Waals surface area contributed by atoms with Crippen LogP contribution in [0.2, 0.25) is 5.02 Å². The molecule has 3 rings (SSSR count). The highest BCUT2D eigenvalue weighted by atomic mass is 35.5. The number of anilines is 2. The Labute approximate surface area is 161 Å². The van der Waals surface area contributed by atoms with Crippen molar-refractivity contribution in [2.75, 3.05) is 17.2 Å². The van der Waals surface area contributed by atoms with Gasteiger partial charge in [0, 0.05) is 23.9 Å². The van der Waals surface area contributed by atoms with Crippen molar-refractivity contribution >= 4 is 29.0 Å². The van der Waals surface area contributed by atoms with E-state index in [9.17, 15) is 9.18 Å². The van der Waals surface area contributed by atoms with Crippen LogP contribution in [-0.2, 0) is 0 Å². The predicted molar refractivity (Wildman–Crippen MR) is 106 cm³/mol. The Morgan fingerprint density at radius 1 is 1.11 bits per heavy atom. The van der Waals surface area contributed by atoms with Gasteiger partial charge in [0.15, 0.2) is 5.82 Å². The summed E-state index contributed by atoms with van der Waals surface area (Å²) in [7, 11) is 0. The van der Waals surface area contributed by atoms with Crippen molar-refractivity contribution in [2.24, 2.45) is 0 Å². The molecule has 27 heavy (non-hydrogen) atoms. The van der Waals surface area contributed by atoms with Crippen LogP contribution in [0.3, 0.4) is 0 Å². The summed E-state index contributed by atoms with van der Waals surface area (Å²) >= 11 is 5.77. The maximum Gasteiger partial charge on any atom is 0.274 e. The van der Waals surface area contributed by atoms with Crippen molar-refractivity contribution < 1.29 is 9.18 Å². The van der Waals surface area contributed by atoms with Crippen LogP contribution in [0.4, 0.5) is 15.9 Å². The van der Waals surface area contributed by atoms with Crippen LogP contribution >= 0.6 is 11.6 Å². The molecule has 2 N–H and O–H groups in total. The van der Waals surface area contributed by atoms with Crippen LogP contribution in [0, 0.1) is 5.82 Å². The van der Waals surface area contributed by atoms with Gasteiger partial charge in [-0.15, -0.1) is 0 Å². The number of aromatic nitrogens is 2. The summed E-state index contributed by atoms with van der Waals surface area (Å²) in [6, 6.07) is 15.0. The summed E-state index contributed by atoms with van der Waals surface area (Å²) in [6.45, 7) is 2.76. The third-order valence-corrected chi connectivity index (χ3v) is 4.01. The normalized spacial score (nSPS) is 10.5. The Morgan fingerprint density at radius 3 is 2.59 bits per heavy atom. The highest BCUT2D eigenvalue weighted by molar-refractivity contribution is 6.31. The molecule has 0 fully saturated rings. The lowest BCUT2D eigenvalue weighted by atomic mass is 10.2. The van der Waals surface area contributed by atoms with Crippen molar-refractivity contribution in [3.05, 3.63) is 71.1 Å². The average molecular weight is 385 g/mol. The highest BCUT2D eigenvalue weighted by Gasteiger charge is 2.14. The van der Waals surface area contributed by atoms with Gasteiger partial charge >= 0.3 is 0 Å². The van der Waals surface area contributed by atoms with Gasteiger partial charge in [-0.2, -0.15) is 0 Å². The number of hydrogen-bond acceptors (Lipinski definition) is 4. The molecule has 0 bridgehead atoms. The molecule has 2 aromatic carbocycles. The topological polar surface area (TPSA) is 66.9 Å². The van der Waals surface area contributed by atoms with E-state index in [0.717, 1.165) is 18.5 Å². The molecule has 0 saturated carbocycles. The van der Waals surface area contributed by atoms with Crippen LogP contribution in [0.5, 0.6) is 0 Å². The minimum atomic E-state index is -0.547. The first kappa shape index (κ1) is 18.8. The number of carbonyl (C=O) groups excluding carboxylic acids is 1. The zero-order valence-electron chi connectivity index (χ0n) is 14.7. The smallest absolute Gasteiger partial charge is 0.274 e. The number of nitrogens with one attached hydrogen (secondary N) is 2. The first-order chi connectivity index (χ1) is 13.1. The van der Waals surface area contributed by atoms with E-state index in [2.05, 4.69) is 20.6 Å². The zero-order chi connectivity index (χ0) is 19.2. The standard InChI is InChI=1S/C20H18ClFN4O/c1-2-10-23-18-12-17(25-19(26-18)13-6-4-3-5-7-13)20(27)24-14-8-9-16(22)15(21)11-14/h3-9,11-12H,2,10H2,1H3,(H,24,27)(H,23,25,26). The SMILES string of the molecule is CCCNc1cc(C(=O)Nc2ccc(F)c(Cl)c2)nc(-c2ccccc2)n1. The van der Waals surface area contributed by atoms with Gasteiger partial charge in [0.25, 0.3) is 5.91 Å². The number of carbonyl (C=O) groups is 1. The highest BCUT2D eigenvalue weighted by Crippen LogP contribution is 2.21. The number of nitrogens with zero attached hydrogens (tertiary/aromatic N) is 2. The fraction of sp³-hybridized carbons (Fsp3) is 0.150. The molecule has 3 aromatic rings. The van der Waals surface area contributed by atoms with Crippen LogP contribution in [0.25, 0.3) is 11.4 Å². The third kappa shape index (κ3) is 4.80. The third-order valence-electron chi connectivity index (χ3n) is 3.72. The summed E-state index contributed by atoms with van der Waals surface area (Å²) in [4.78, 5) is 21.5. The van der Waals surface area contributed by atoms with Crippen molar-refractivity contribution in [2.45, 2.75) is 13.3 Å². The maximum atomic E-state index is 13.3. The van der Waals surface area contributed by atoms with Gasteiger partial charge in [-0.1, -0.05) is 48.9 Å². The van der Waals surface area contributed by atoms with Gasteiger partial charge in [-0.05, 0) is 24.6 Å². The molecule has 1 heterocycles. The zero-order valence-corrected chi connectivity index (χ0v) is 15.4. The quantitative estimate of drug-likeness (QED) is 0.626. The Bertz CT molecular complexity index is 950. The Morgan fingerprint density at radius 2 is 1.89 bits per heavy atom. The molecular formula is C20H18ClFN4O. The number of benzene rings is 2. The maximum absolute atomic E-state index is 13.3. The minimum absolute atomic E-state index is 0.0641. The number of amides is 1. The van der Waals surface area contributed by atoms with Gasteiger partial charge in [0.2, 0.25) is 0 Å². The molecule has 0 saturated heterocycles. The van der Waals surface area contributed by atoms with Crippen LogP contribution in [-0.4, -0.2) is 22.4 Å². The van der Waals surface area contributed by atoms with Crippen LogP contribution in [0.15, 0.2) is 54.6 Å². The Balaban J connectivity index is 1.92. The van der Waals surface area contributed by atoms with Crippen molar-refractivity contribution in [3.8, 4) is 11.4 Å². The monoisotopic (exact) mass is 384 g/mol. The lowest BCUT2D eigenvalue weighted by Gasteiger charge is -2.10. The molecule has 0 unspecified atom stereocenters. The summed E-state index contributed by atoms with van der Waals surface area (Å²) in [5.74, 6) is 0.0258. The first-order valence-corrected chi connectivity index (χ1v) is 8.89. The molecule has 7 heteroatoms. The molecule has 1 aromatic heterocycles. The van der Waals surface area contributed by atoms with E-state index in [0.29, 0.717) is 17.3 Å². The second-order valence-electron chi connectivity index (χ2n) is 5.84. The molecule has 0 aliphatic carbocycles. The van der Waals surface area contributed by atoms with Gasteiger partial charge in [0.1, 0.15) is 17.3 Å². The molecule has 0 aliphatic heterocycles. The first-order valence-electron chi connectivity index (χ1n) is 8.51. The minimum Gasteiger partial charge on any atom is -0.370 e. The molecule has 1 amide bonds. The summed E-state index contributed by atoms with van der Waals surface area (Å²) < 4.78 is 13.3. The molecule has 0 atom stereocenters. The summed E-state index contributed by atoms with van der Waals surface area (Å²) in [5.41, 5.74) is 1.38.